The van der Waals surface area contributed by atoms with Crippen LogP contribution in [0.5, 0.6) is 0 Å². The van der Waals surface area contributed by atoms with Crippen LogP contribution in [-0.4, -0.2) is 23.1 Å². The molecule has 0 heterocycles. The van der Waals surface area contributed by atoms with Gasteiger partial charge in [0, 0.05) is 6.04 Å². The van der Waals surface area contributed by atoms with Gasteiger partial charge in [-0.15, -0.1) is 0 Å². The summed E-state index contributed by atoms with van der Waals surface area (Å²) in [5, 5.41) is 15.1. The topological polar surface area (TPSA) is 78.4 Å². The van der Waals surface area contributed by atoms with Crippen LogP contribution in [0.1, 0.15) is 36.8 Å². The van der Waals surface area contributed by atoms with E-state index in [1.807, 2.05) is 26.0 Å². The van der Waals surface area contributed by atoms with Crippen LogP contribution in [-0.2, 0) is 4.79 Å². The Kier molecular flexibility index (Phi) is 5.29. The first-order valence-corrected chi connectivity index (χ1v) is 7.81. The van der Waals surface area contributed by atoms with Crippen molar-refractivity contribution in [1.82, 2.24) is 5.32 Å². The molecule has 1 aromatic rings. The first-order chi connectivity index (χ1) is 10.4. The van der Waals surface area contributed by atoms with Gasteiger partial charge in [0.15, 0.2) is 0 Å². The zero-order valence-corrected chi connectivity index (χ0v) is 13.5. The summed E-state index contributed by atoms with van der Waals surface area (Å²) in [5.41, 5.74) is 2.71. The molecular formula is C16H21ClN2O3. The Labute approximate surface area is 135 Å². The van der Waals surface area contributed by atoms with E-state index < -0.39 is 5.97 Å². The second kappa shape index (κ2) is 7.01. The van der Waals surface area contributed by atoms with Gasteiger partial charge in [-0.25, -0.2) is 4.79 Å². The van der Waals surface area contributed by atoms with Gasteiger partial charge in [0.2, 0.25) is 0 Å². The molecule has 0 atom stereocenters. The summed E-state index contributed by atoms with van der Waals surface area (Å²) in [7, 11) is 0. The summed E-state index contributed by atoms with van der Waals surface area (Å²) in [5.74, 6) is -1.03. The number of carbonyl (C=O) groups excluding carboxylic acids is 1. The maximum absolute atomic E-state index is 12.0. The smallest absolute Gasteiger partial charge is 0.319 e. The molecule has 0 bridgehead atoms. The Hall–Kier alpha value is -1.75. The molecule has 120 valence electrons. The first kappa shape index (κ1) is 16.6. The molecule has 0 aromatic heterocycles. The van der Waals surface area contributed by atoms with Crippen molar-refractivity contribution in [3.63, 3.8) is 0 Å². The van der Waals surface area contributed by atoms with Crippen molar-refractivity contribution >= 4 is 29.3 Å². The Morgan fingerprint density at radius 2 is 1.73 bits per heavy atom. The quantitative estimate of drug-likeness (QED) is 0.792. The van der Waals surface area contributed by atoms with Crippen LogP contribution in [0.15, 0.2) is 12.1 Å². The van der Waals surface area contributed by atoms with E-state index in [1.165, 1.54) is 0 Å². The normalized spacial score (nSPS) is 21.2. The molecule has 6 heteroatoms. The number of nitrogens with one attached hydrogen (secondary N) is 2. The van der Waals surface area contributed by atoms with Crippen LogP contribution in [0.3, 0.4) is 0 Å². The van der Waals surface area contributed by atoms with Crippen molar-refractivity contribution in [3.05, 3.63) is 28.3 Å². The third kappa shape index (κ3) is 4.13. The highest BCUT2D eigenvalue weighted by Gasteiger charge is 2.26. The molecule has 2 rings (SSSR count). The van der Waals surface area contributed by atoms with Gasteiger partial charge in [-0.1, -0.05) is 11.6 Å². The van der Waals surface area contributed by atoms with E-state index in [0.717, 1.165) is 11.1 Å². The Morgan fingerprint density at radius 3 is 2.32 bits per heavy atom. The minimum atomic E-state index is -0.746. The zero-order chi connectivity index (χ0) is 16.3. The number of anilines is 1. The number of hydrogen-bond donors (Lipinski definition) is 3. The van der Waals surface area contributed by atoms with Crippen LogP contribution >= 0.6 is 11.6 Å². The van der Waals surface area contributed by atoms with Crippen molar-refractivity contribution in [1.29, 1.82) is 0 Å². The first-order valence-electron chi connectivity index (χ1n) is 7.44. The fourth-order valence-electron chi connectivity index (χ4n) is 2.71. The molecule has 1 saturated carbocycles. The van der Waals surface area contributed by atoms with Crippen LogP contribution in [0.25, 0.3) is 0 Å². The number of urea groups is 1. The largest absolute Gasteiger partial charge is 0.481 e. The van der Waals surface area contributed by atoms with Crippen LogP contribution in [0.2, 0.25) is 5.02 Å². The monoisotopic (exact) mass is 324 g/mol. The number of carboxylic acids is 1. The Bertz CT molecular complexity index is 581. The standard InChI is InChI=1S/C16H21ClN2O3/c1-9-7-13(17)14(8-10(9)2)19-16(22)18-12-5-3-11(4-6-12)15(20)21/h7-8,11-12H,3-6H2,1-2H3,(H,20,21)(H2,18,19,22). The average molecular weight is 325 g/mol. The SMILES string of the molecule is Cc1cc(Cl)c(NC(=O)NC2CCC(C(=O)O)CC2)cc1C. The lowest BCUT2D eigenvalue weighted by Gasteiger charge is -2.27. The van der Waals surface area contributed by atoms with E-state index in [2.05, 4.69) is 10.6 Å². The molecule has 0 unspecified atom stereocenters. The van der Waals surface area contributed by atoms with E-state index >= 15 is 0 Å². The number of aliphatic carboxylic acids is 1. The average Bonchev–Trinajstić information content (AvgIpc) is 2.45. The summed E-state index contributed by atoms with van der Waals surface area (Å²) < 4.78 is 0. The fourth-order valence-corrected chi connectivity index (χ4v) is 2.97. The lowest BCUT2D eigenvalue weighted by atomic mass is 9.86. The maximum atomic E-state index is 12.0. The second-order valence-corrected chi connectivity index (χ2v) is 6.31. The molecule has 0 saturated heterocycles. The lowest BCUT2D eigenvalue weighted by molar-refractivity contribution is -0.142. The molecule has 3 N–H and O–H groups in total. The number of rotatable bonds is 3. The van der Waals surface area contributed by atoms with Gasteiger partial charge >= 0.3 is 12.0 Å². The molecule has 0 radical (unpaired) electrons. The minimum absolute atomic E-state index is 0.0147. The van der Waals surface area contributed by atoms with Gasteiger partial charge in [-0.3, -0.25) is 4.79 Å². The number of aryl methyl sites for hydroxylation is 2. The highest BCUT2D eigenvalue weighted by atomic mass is 35.5. The van der Waals surface area contributed by atoms with E-state index in [4.69, 9.17) is 16.7 Å². The Balaban J connectivity index is 1.89. The highest BCUT2D eigenvalue weighted by Crippen LogP contribution is 2.26. The van der Waals surface area contributed by atoms with Crippen LogP contribution in [0, 0.1) is 19.8 Å². The number of halogens is 1. The molecule has 1 fully saturated rings. The molecule has 0 aliphatic heterocycles. The number of hydrogen-bond acceptors (Lipinski definition) is 2. The molecule has 1 aromatic carbocycles. The van der Waals surface area contributed by atoms with Gasteiger partial charge in [-0.05, 0) is 62.8 Å². The summed E-state index contributed by atoms with van der Waals surface area (Å²) in [6.45, 7) is 3.92. The van der Waals surface area contributed by atoms with Crippen LogP contribution in [0.4, 0.5) is 10.5 Å². The van der Waals surface area contributed by atoms with Gasteiger partial charge in [0.05, 0.1) is 16.6 Å². The van der Waals surface area contributed by atoms with E-state index in [0.29, 0.717) is 36.4 Å². The number of carboxylic acid groups (broad SMARTS) is 1. The summed E-state index contributed by atoms with van der Waals surface area (Å²) in [6.07, 6.45) is 2.57. The summed E-state index contributed by atoms with van der Waals surface area (Å²) in [4.78, 5) is 23.0. The van der Waals surface area contributed by atoms with Crippen molar-refractivity contribution in [2.75, 3.05) is 5.32 Å². The number of amides is 2. The van der Waals surface area contributed by atoms with Crippen molar-refractivity contribution in [3.8, 4) is 0 Å². The van der Waals surface area contributed by atoms with E-state index in [-0.39, 0.29) is 18.0 Å². The molecule has 1 aliphatic rings. The molecular weight excluding hydrogens is 304 g/mol. The fraction of sp³-hybridized carbons (Fsp3) is 0.500. The number of carbonyl (C=O) groups is 2. The number of benzene rings is 1. The molecule has 5 nitrogen and oxygen atoms in total. The molecule has 22 heavy (non-hydrogen) atoms. The lowest BCUT2D eigenvalue weighted by Crippen LogP contribution is -2.41. The molecule has 2 amide bonds. The zero-order valence-electron chi connectivity index (χ0n) is 12.8. The Morgan fingerprint density at radius 1 is 1.14 bits per heavy atom. The minimum Gasteiger partial charge on any atom is -0.481 e. The molecule has 1 aliphatic carbocycles. The van der Waals surface area contributed by atoms with Crippen molar-refractivity contribution < 1.29 is 14.7 Å². The maximum Gasteiger partial charge on any atom is 0.319 e. The van der Waals surface area contributed by atoms with Gasteiger partial charge in [0.25, 0.3) is 0 Å². The van der Waals surface area contributed by atoms with Gasteiger partial charge < -0.3 is 15.7 Å². The molecule has 0 spiro atoms. The third-order valence-electron chi connectivity index (χ3n) is 4.24. The predicted molar refractivity (Wildman–Crippen MR) is 86.5 cm³/mol. The predicted octanol–water partition coefficient (Wildman–Crippen LogP) is 3.72. The van der Waals surface area contributed by atoms with Crippen molar-refractivity contribution in [2.45, 2.75) is 45.6 Å². The van der Waals surface area contributed by atoms with Gasteiger partial charge in [-0.2, -0.15) is 0 Å². The van der Waals surface area contributed by atoms with Gasteiger partial charge in [0.1, 0.15) is 0 Å². The van der Waals surface area contributed by atoms with Crippen LogP contribution < -0.4 is 10.6 Å². The van der Waals surface area contributed by atoms with E-state index in [9.17, 15) is 9.59 Å². The summed E-state index contributed by atoms with van der Waals surface area (Å²) in [6, 6.07) is 3.38. The highest BCUT2D eigenvalue weighted by molar-refractivity contribution is 6.33. The third-order valence-corrected chi connectivity index (χ3v) is 4.56. The van der Waals surface area contributed by atoms with Crippen molar-refractivity contribution in [2.24, 2.45) is 5.92 Å². The van der Waals surface area contributed by atoms with E-state index in [1.54, 1.807) is 0 Å². The summed E-state index contributed by atoms with van der Waals surface area (Å²) >= 11 is 6.13. The second-order valence-electron chi connectivity index (χ2n) is 5.90.